The van der Waals surface area contributed by atoms with Crippen LogP contribution in [0.2, 0.25) is 0 Å². The van der Waals surface area contributed by atoms with Crippen molar-refractivity contribution in [2.24, 2.45) is 5.41 Å². The van der Waals surface area contributed by atoms with Crippen LogP contribution in [-0.4, -0.2) is 144 Å². The SMILES string of the molecule is CC(=O)O[C@@H]1C[C@@H](C(=O)NCc2ccc(-c3scnc3C)cc2)N(C(=O)[C@H](NC(=O)CCCCCCNC(=O)CN2CCN(C(=O)c3ccc(Nc4nc(C5CC5)cn5c(-c6cn[nH]c6)cnc45)c(F)c3)CC2)C(C)(C)C)C1. The number of esters is 1. The van der Waals surface area contributed by atoms with Crippen LogP contribution in [0.1, 0.15) is 112 Å². The molecule has 20 nitrogen and oxygen atoms in total. The maximum Gasteiger partial charge on any atom is 0.302 e. The average Bonchev–Trinajstić information content (AvgIpc) is 3.91. The predicted octanol–water partition coefficient (Wildman–Crippen LogP) is 6.52. The third-order valence-electron chi connectivity index (χ3n) is 14.5. The minimum absolute atomic E-state index is 0.0246. The number of halogens is 1. The quantitative estimate of drug-likeness (QED) is 0.0382. The number of piperazine rings is 1. The van der Waals surface area contributed by atoms with Gasteiger partial charge in [0.25, 0.3) is 5.91 Å². The summed E-state index contributed by atoms with van der Waals surface area (Å²) in [6.07, 6.45) is 11.7. The van der Waals surface area contributed by atoms with E-state index in [1.54, 1.807) is 52.5 Å². The van der Waals surface area contributed by atoms with Gasteiger partial charge < -0.3 is 35.8 Å². The van der Waals surface area contributed by atoms with Gasteiger partial charge in [0.1, 0.15) is 24.0 Å². The Morgan fingerprint density at radius 2 is 1.68 bits per heavy atom. The fraction of sp³-hybridized carbons (Fsp3) is 0.464. The van der Waals surface area contributed by atoms with Crippen molar-refractivity contribution in [1.29, 1.82) is 0 Å². The molecule has 0 radical (unpaired) electrons. The van der Waals surface area contributed by atoms with Gasteiger partial charge in [-0.3, -0.25) is 43.2 Å². The summed E-state index contributed by atoms with van der Waals surface area (Å²) in [7, 11) is 0. The van der Waals surface area contributed by atoms with E-state index in [2.05, 4.69) is 41.4 Å². The van der Waals surface area contributed by atoms with E-state index >= 15 is 4.39 Å². The second-order valence-electron chi connectivity index (χ2n) is 21.5. The Kier molecular flexibility index (Phi) is 17.3. The Labute approximate surface area is 456 Å². The monoisotopic (exact) mass is 1090 g/mol. The molecule has 1 saturated carbocycles. The van der Waals surface area contributed by atoms with Crippen LogP contribution in [0, 0.1) is 18.2 Å². The summed E-state index contributed by atoms with van der Waals surface area (Å²) in [6.45, 7) is 11.5. The van der Waals surface area contributed by atoms with Crippen LogP contribution in [0.4, 0.5) is 15.9 Å². The van der Waals surface area contributed by atoms with E-state index in [4.69, 9.17) is 9.72 Å². The number of aryl methyl sites for hydroxylation is 1. The number of H-pyrrole nitrogens is 1. The molecular formula is C56H68FN13O7S. The fourth-order valence-electron chi connectivity index (χ4n) is 10.0. The van der Waals surface area contributed by atoms with Gasteiger partial charge in [-0.05, 0) is 67.3 Å². The number of imidazole rings is 1. The number of anilines is 2. The number of fused-ring (bicyclic) bond motifs is 1. The summed E-state index contributed by atoms with van der Waals surface area (Å²) in [4.78, 5) is 99.6. The van der Waals surface area contributed by atoms with Gasteiger partial charge in [0.2, 0.25) is 23.6 Å². The fourth-order valence-corrected chi connectivity index (χ4v) is 10.8. The molecule has 0 spiro atoms. The highest BCUT2D eigenvalue weighted by molar-refractivity contribution is 7.13. The van der Waals surface area contributed by atoms with Crippen LogP contribution < -0.4 is 21.3 Å². The standard InChI is InChI=1S/C56H68FN13O7S/c1-34-49(78-33-61-34)38-13-11-36(12-14-38)26-60-53(74)45-25-41(77-35(2)71)30-70(45)55(76)50(56(3,4)5)66-47(72)10-8-6-7-9-19-58-48(73)32-67-20-22-68(23-21-67)54(75)39-17-18-43(42(57)24-39)64-51-52-59-29-46(40-27-62-63-28-40)69(52)31-44(65-51)37-15-16-37/h11-14,17-18,24,27-29,31,33,37,41,45,50H,6-10,15-16,19-23,25-26,30,32H2,1-5H3,(H,58,73)(H,60,74)(H,62,63)(H,64,65)(H,66,72)/t41-,45+,50+/m1/s1. The molecule has 2 aliphatic heterocycles. The van der Waals surface area contributed by atoms with Gasteiger partial charge in [0.15, 0.2) is 11.5 Å². The van der Waals surface area contributed by atoms with Crippen molar-refractivity contribution in [3.05, 3.63) is 101 Å². The number of nitrogens with one attached hydrogen (secondary N) is 5. The smallest absolute Gasteiger partial charge is 0.302 e. The molecule has 4 aromatic heterocycles. The van der Waals surface area contributed by atoms with Gasteiger partial charge in [-0.15, -0.1) is 11.3 Å². The summed E-state index contributed by atoms with van der Waals surface area (Å²) in [5.74, 6) is -1.84. The summed E-state index contributed by atoms with van der Waals surface area (Å²) in [5, 5.41) is 18.9. The van der Waals surface area contributed by atoms with E-state index in [1.807, 2.05) is 67.5 Å². The van der Waals surface area contributed by atoms with E-state index in [0.717, 1.165) is 64.3 Å². The number of hydrogen-bond donors (Lipinski definition) is 5. The van der Waals surface area contributed by atoms with Gasteiger partial charge in [-0.1, -0.05) is 57.9 Å². The first kappa shape index (κ1) is 55.2. The summed E-state index contributed by atoms with van der Waals surface area (Å²) in [6, 6.07) is 10.4. The Hall–Kier alpha value is -7.59. The largest absolute Gasteiger partial charge is 0.461 e. The van der Waals surface area contributed by atoms with Crippen LogP contribution in [0.3, 0.4) is 0 Å². The van der Waals surface area contributed by atoms with Crippen LogP contribution in [0.15, 0.2) is 72.8 Å². The number of aromatic nitrogens is 6. The molecule has 22 heteroatoms. The first-order valence-corrected chi connectivity index (χ1v) is 27.6. The topological polar surface area (TPSA) is 241 Å². The second kappa shape index (κ2) is 24.4. The van der Waals surface area contributed by atoms with Gasteiger partial charge in [-0.25, -0.2) is 19.3 Å². The molecular weight excluding hydrogens is 1020 g/mol. The molecule has 78 heavy (non-hydrogen) atoms. The summed E-state index contributed by atoms with van der Waals surface area (Å²) >= 11 is 1.56. The highest BCUT2D eigenvalue weighted by atomic mass is 32.1. The van der Waals surface area contributed by atoms with Crippen LogP contribution >= 0.6 is 11.3 Å². The molecule has 9 rings (SSSR count). The van der Waals surface area contributed by atoms with Crippen molar-refractivity contribution in [3.8, 4) is 21.7 Å². The lowest BCUT2D eigenvalue weighted by Gasteiger charge is -2.35. The number of benzene rings is 2. The number of nitrogens with zero attached hydrogens (tertiary/aromatic N) is 8. The van der Waals surface area contributed by atoms with Gasteiger partial charge in [-0.2, -0.15) is 5.10 Å². The van der Waals surface area contributed by atoms with Crippen molar-refractivity contribution in [3.63, 3.8) is 0 Å². The van der Waals surface area contributed by atoms with E-state index in [1.165, 1.54) is 17.9 Å². The lowest BCUT2D eigenvalue weighted by molar-refractivity contribution is -0.147. The maximum absolute atomic E-state index is 15.7. The Morgan fingerprint density at radius 3 is 2.36 bits per heavy atom. The zero-order valence-electron chi connectivity index (χ0n) is 44.8. The molecule has 5 amide bonds. The van der Waals surface area contributed by atoms with Crippen molar-refractivity contribution < 1.29 is 37.9 Å². The zero-order valence-corrected chi connectivity index (χ0v) is 45.6. The van der Waals surface area contributed by atoms with E-state index < -0.39 is 41.3 Å². The molecule has 3 aliphatic rings. The molecule has 412 valence electrons. The Balaban J connectivity index is 0.674. The van der Waals surface area contributed by atoms with Crippen LogP contribution in [-0.2, 0) is 35.3 Å². The number of thiazole rings is 1. The zero-order chi connectivity index (χ0) is 55.1. The Bertz CT molecular complexity index is 3130. The minimum atomic E-state index is -0.943. The van der Waals surface area contributed by atoms with Gasteiger partial charge in [0.05, 0.1) is 58.6 Å². The first-order chi connectivity index (χ1) is 37.5. The van der Waals surface area contributed by atoms with Crippen molar-refractivity contribution >= 4 is 64.0 Å². The van der Waals surface area contributed by atoms with Crippen molar-refractivity contribution in [2.45, 2.75) is 117 Å². The third kappa shape index (κ3) is 13.6. The van der Waals surface area contributed by atoms with Crippen molar-refractivity contribution in [2.75, 3.05) is 51.1 Å². The molecule has 2 saturated heterocycles. The number of ether oxygens (including phenoxy) is 1. The molecule has 0 bridgehead atoms. The maximum atomic E-state index is 15.7. The second-order valence-corrected chi connectivity index (χ2v) is 22.4. The molecule has 6 aromatic rings. The lowest BCUT2D eigenvalue weighted by atomic mass is 9.85. The molecule has 2 aromatic carbocycles. The number of carbonyl (C=O) groups excluding carboxylic acids is 6. The first-order valence-electron chi connectivity index (χ1n) is 26.7. The molecule has 3 atom stereocenters. The van der Waals surface area contributed by atoms with E-state index in [-0.39, 0.29) is 67.4 Å². The number of hydrogen-bond acceptors (Lipinski definition) is 14. The lowest BCUT2D eigenvalue weighted by Crippen LogP contribution is -2.57. The highest BCUT2D eigenvalue weighted by Crippen LogP contribution is 2.41. The predicted molar refractivity (Wildman–Crippen MR) is 292 cm³/mol. The van der Waals surface area contributed by atoms with E-state index in [0.29, 0.717) is 62.9 Å². The molecule has 6 heterocycles. The number of carbonyl (C=O) groups is 6. The van der Waals surface area contributed by atoms with E-state index in [9.17, 15) is 28.8 Å². The van der Waals surface area contributed by atoms with Gasteiger partial charge >= 0.3 is 5.97 Å². The molecule has 3 fully saturated rings. The third-order valence-corrected chi connectivity index (χ3v) is 15.5. The summed E-state index contributed by atoms with van der Waals surface area (Å²) < 4.78 is 23.1. The molecule has 1 aliphatic carbocycles. The average molecular weight is 1090 g/mol. The number of aromatic amines is 1. The molecule has 5 N–H and O–H groups in total. The van der Waals surface area contributed by atoms with Crippen LogP contribution in [0.5, 0.6) is 0 Å². The van der Waals surface area contributed by atoms with Gasteiger partial charge in [0, 0.05) is 88.5 Å². The van der Waals surface area contributed by atoms with Crippen LogP contribution in [0.25, 0.3) is 27.3 Å². The number of rotatable bonds is 21. The minimum Gasteiger partial charge on any atom is -0.461 e. The number of unbranched alkanes of at least 4 members (excludes halogenated alkanes) is 3. The van der Waals surface area contributed by atoms with Crippen molar-refractivity contribution in [1.82, 2.24) is 60.2 Å². The highest BCUT2D eigenvalue weighted by Gasteiger charge is 2.46. The normalized spacial score (nSPS) is 17.2. The molecule has 0 unspecified atom stereocenters. The number of likely N-dealkylation sites (tertiary alicyclic amines) is 1. The number of amides is 5. The summed E-state index contributed by atoms with van der Waals surface area (Å²) in [5.41, 5.74) is 7.49. The Morgan fingerprint density at radius 1 is 0.910 bits per heavy atom.